The van der Waals surface area contributed by atoms with Crippen molar-refractivity contribution in [1.82, 2.24) is 0 Å². The summed E-state index contributed by atoms with van der Waals surface area (Å²) in [5, 5.41) is 0. The van der Waals surface area contributed by atoms with Gasteiger partial charge in [-0.15, -0.1) is 0 Å². The van der Waals surface area contributed by atoms with Gasteiger partial charge in [-0.1, -0.05) is 102 Å². The molecule has 0 aliphatic carbocycles. The van der Waals surface area contributed by atoms with E-state index in [1.54, 1.807) is 0 Å². The molecule has 0 bridgehead atoms. The van der Waals surface area contributed by atoms with E-state index in [1.165, 1.54) is 83.5 Å². The lowest BCUT2D eigenvalue weighted by molar-refractivity contribution is -0.154. The van der Waals surface area contributed by atoms with Crippen molar-refractivity contribution in [2.45, 2.75) is 136 Å². The molecule has 0 aromatic rings. The van der Waals surface area contributed by atoms with Crippen LogP contribution in [0.3, 0.4) is 0 Å². The van der Waals surface area contributed by atoms with E-state index in [0.29, 0.717) is 13.0 Å². The van der Waals surface area contributed by atoms with Crippen LogP contribution in [-0.2, 0) is 27.9 Å². The van der Waals surface area contributed by atoms with Crippen LogP contribution in [0.1, 0.15) is 129 Å². The van der Waals surface area contributed by atoms with Crippen molar-refractivity contribution in [3.63, 3.8) is 0 Å². The number of nitrogens with two attached hydrogens (primary N) is 1. The second-order valence-corrected chi connectivity index (χ2v) is 11.8. The molecule has 0 radical (unpaired) electrons. The minimum Gasteiger partial charge on any atom is -0.457 e. The molecule has 9 heteroatoms. The molecule has 0 aromatic carbocycles. The van der Waals surface area contributed by atoms with Crippen molar-refractivity contribution in [2.75, 3.05) is 33.0 Å². The lowest BCUT2D eigenvalue weighted by Gasteiger charge is -2.19. The number of esters is 1. The first-order valence-corrected chi connectivity index (χ1v) is 17.3. The van der Waals surface area contributed by atoms with Gasteiger partial charge in [-0.3, -0.25) is 13.8 Å². The molecule has 3 N–H and O–H groups in total. The number of allylic oxidation sites excluding steroid dienone is 4. The van der Waals surface area contributed by atoms with Gasteiger partial charge in [0.05, 0.1) is 19.8 Å². The summed E-state index contributed by atoms with van der Waals surface area (Å²) in [6.45, 7) is 4.50. The van der Waals surface area contributed by atoms with E-state index in [9.17, 15) is 14.3 Å². The van der Waals surface area contributed by atoms with Gasteiger partial charge >= 0.3 is 13.8 Å². The van der Waals surface area contributed by atoms with Crippen LogP contribution in [0.5, 0.6) is 0 Å². The van der Waals surface area contributed by atoms with Gasteiger partial charge < -0.3 is 20.1 Å². The van der Waals surface area contributed by atoms with Crippen LogP contribution >= 0.6 is 7.82 Å². The summed E-state index contributed by atoms with van der Waals surface area (Å²) >= 11 is 0. The Morgan fingerprint density at radius 1 is 0.750 bits per heavy atom. The average Bonchev–Trinajstić information content (AvgIpc) is 2.93. The molecule has 0 heterocycles. The quantitative estimate of drug-likeness (QED) is 0.0373. The fourth-order valence-electron chi connectivity index (χ4n) is 4.06. The van der Waals surface area contributed by atoms with Gasteiger partial charge in [0, 0.05) is 19.6 Å². The van der Waals surface area contributed by atoms with Gasteiger partial charge in [-0.05, 0) is 44.9 Å². The fourth-order valence-corrected chi connectivity index (χ4v) is 4.83. The van der Waals surface area contributed by atoms with Gasteiger partial charge in [0.2, 0.25) is 0 Å². The molecule has 0 aliphatic rings. The van der Waals surface area contributed by atoms with Crippen molar-refractivity contribution >= 4 is 13.8 Å². The number of phosphoric ester groups is 1. The summed E-state index contributed by atoms with van der Waals surface area (Å²) in [5.74, 6) is -0.386. The van der Waals surface area contributed by atoms with Gasteiger partial charge in [0.25, 0.3) is 0 Å². The summed E-state index contributed by atoms with van der Waals surface area (Å²) in [5.41, 5.74) is 5.28. The van der Waals surface area contributed by atoms with Crippen LogP contribution in [0.2, 0.25) is 0 Å². The lowest BCUT2D eigenvalue weighted by atomic mass is 10.1. The lowest BCUT2D eigenvalue weighted by Crippen LogP contribution is -2.28. The monoisotopic (exact) mass is 589 g/mol. The number of rotatable bonds is 30. The minimum absolute atomic E-state index is 0.0971. The molecular formula is C31H60NO7P. The number of carbonyl (C=O) groups excluding carboxylic acids is 1. The zero-order chi connectivity index (χ0) is 29.6. The van der Waals surface area contributed by atoms with Gasteiger partial charge in [-0.25, -0.2) is 4.57 Å². The SMILES string of the molecule is CCCCC/C=C\C/C=C\CCCCCCCCCCCCOCC(COP(=O)(O)OCCN)OC(=O)CCC. The molecule has 0 fully saturated rings. The maximum atomic E-state index is 11.9. The van der Waals surface area contributed by atoms with Crippen LogP contribution in [0, 0.1) is 0 Å². The topological polar surface area (TPSA) is 117 Å². The maximum absolute atomic E-state index is 11.9. The number of carbonyl (C=O) groups is 1. The van der Waals surface area contributed by atoms with Crippen LogP contribution in [-0.4, -0.2) is 49.9 Å². The first kappa shape index (κ1) is 39.0. The molecule has 2 unspecified atom stereocenters. The zero-order valence-corrected chi connectivity index (χ0v) is 26.5. The molecule has 0 aromatic heterocycles. The third kappa shape index (κ3) is 28.5. The van der Waals surface area contributed by atoms with Crippen LogP contribution in [0.15, 0.2) is 24.3 Å². The van der Waals surface area contributed by atoms with E-state index < -0.39 is 13.9 Å². The normalized spacial score (nSPS) is 14.2. The summed E-state index contributed by atoms with van der Waals surface area (Å²) in [4.78, 5) is 21.5. The number of phosphoric acid groups is 1. The Morgan fingerprint density at radius 2 is 1.32 bits per heavy atom. The number of hydrogen-bond donors (Lipinski definition) is 2. The van der Waals surface area contributed by atoms with E-state index in [2.05, 4.69) is 31.2 Å². The van der Waals surface area contributed by atoms with E-state index in [0.717, 1.165) is 19.3 Å². The second-order valence-electron chi connectivity index (χ2n) is 10.3. The Labute approximate surface area is 245 Å². The van der Waals surface area contributed by atoms with Crippen LogP contribution < -0.4 is 5.73 Å². The Hall–Kier alpha value is -1.02. The first-order valence-electron chi connectivity index (χ1n) is 15.8. The Morgan fingerprint density at radius 3 is 1.90 bits per heavy atom. The molecule has 0 saturated heterocycles. The molecule has 0 saturated carbocycles. The molecule has 40 heavy (non-hydrogen) atoms. The highest BCUT2D eigenvalue weighted by atomic mass is 31.2. The predicted octanol–water partition coefficient (Wildman–Crippen LogP) is 8.18. The molecule has 8 nitrogen and oxygen atoms in total. The van der Waals surface area contributed by atoms with Gasteiger partial charge in [0.15, 0.2) is 0 Å². The maximum Gasteiger partial charge on any atom is 0.472 e. The van der Waals surface area contributed by atoms with E-state index >= 15 is 0 Å². The van der Waals surface area contributed by atoms with Gasteiger partial charge in [-0.2, -0.15) is 0 Å². The Bertz CT molecular complexity index is 672. The van der Waals surface area contributed by atoms with Crippen LogP contribution in [0.4, 0.5) is 0 Å². The average molecular weight is 590 g/mol. The van der Waals surface area contributed by atoms with Crippen molar-refractivity contribution < 1.29 is 32.8 Å². The van der Waals surface area contributed by atoms with Crippen molar-refractivity contribution in [1.29, 1.82) is 0 Å². The second kappa shape index (κ2) is 29.5. The van der Waals surface area contributed by atoms with Gasteiger partial charge in [0.1, 0.15) is 6.10 Å². The molecule has 0 amide bonds. The summed E-state index contributed by atoms with van der Waals surface area (Å²) < 4.78 is 32.5. The smallest absolute Gasteiger partial charge is 0.457 e. The number of hydrogen-bond acceptors (Lipinski definition) is 7. The largest absolute Gasteiger partial charge is 0.472 e. The predicted molar refractivity (Wildman–Crippen MR) is 164 cm³/mol. The molecule has 0 spiro atoms. The van der Waals surface area contributed by atoms with Crippen LogP contribution in [0.25, 0.3) is 0 Å². The van der Waals surface area contributed by atoms with E-state index in [1.807, 2.05) is 6.92 Å². The van der Waals surface area contributed by atoms with Crippen molar-refractivity contribution in [3.8, 4) is 0 Å². The fraction of sp³-hybridized carbons (Fsp3) is 0.839. The summed E-state index contributed by atoms with van der Waals surface area (Å²) in [7, 11) is -4.24. The molecular weight excluding hydrogens is 529 g/mol. The zero-order valence-electron chi connectivity index (χ0n) is 25.6. The van der Waals surface area contributed by atoms with E-state index in [-0.39, 0.29) is 38.8 Å². The Kier molecular flexibility index (Phi) is 28.7. The first-order chi connectivity index (χ1) is 19.4. The third-order valence-electron chi connectivity index (χ3n) is 6.34. The minimum atomic E-state index is -4.24. The molecule has 0 rings (SSSR count). The molecule has 0 aliphatic heterocycles. The summed E-state index contributed by atoms with van der Waals surface area (Å²) in [6.07, 6.45) is 29.2. The number of unbranched alkanes of at least 4 members (excludes halogenated alkanes) is 13. The molecule has 2 atom stereocenters. The van der Waals surface area contributed by atoms with Crippen molar-refractivity contribution in [2.24, 2.45) is 5.73 Å². The Balaban J connectivity index is 3.71. The molecule has 236 valence electrons. The highest BCUT2D eigenvalue weighted by Gasteiger charge is 2.25. The summed E-state index contributed by atoms with van der Waals surface area (Å²) in [6, 6.07) is 0. The third-order valence-corrected chi connectivity index (χ3v) is 7.33. The highest BCUT2D eigenvalue weighted by Crippen LogP contribution is 2.43. The highest BCUT2D eigenvalue weighted by molar-refractivity contribution is 7.47. The number of ether oxygens (including phenoxy) is 2. The van der Waals surface area contributed by atoms with Crippen molar-refractivity contribution in [3.05, 3.63) is 24.3 Å². The standard InChI is InChI=1S/C31H60NO7P/c1-3-5-6-7-8-9-10-11-12-13-14-15-16-17-18-19-20-21-22-23-26-36-28-30(39-31(33)24-4-2)29-38-40(34,35)37-27-25-32/h8-9,11-12,30H,3-7,10,13-29,32H2,1-2H3,(H,34,35)/b9-8-,12-11-. The van der Waals surface area contributed by atoms with E-state index in [4.69, 9.17) is 24.3 Å².